The van der Waals surface area contributed by atoms with E-state index < -0.39 is 6.09 Å². The Balaban J connectivity index is 0.000000280. The summed E-state index contributed by atoms with van der Waals surface area (Å²) < 4.78 is 19.5. The first-order valence-corrected chi connectivity index (χ1v) is 12.0. The Morgan fingerprint density at radius 2 is 1.80 bits per heavy atom. The summed E-state index contributed by atoms with van der Waals surface area (Å²) in [5, 5.41) is 0. The second-order valence-electron chi connectivity index (χ2n) is 8.38. The van der Waals surface area contributed by atoms with Crippen molar-refractivity contribution in [1.29, 1.82) is 0 Å². The highest BCUT2D eigenvalue weighted by atomic mass is 16.5. The quantitative estimate of drug-likeness (QED) is 0.147. The third-order valence-corrected chi connectivity index (χ3v) is 5.84. The predicted molar refractivity (Wildman–Crippen MR) is 133 cm³/mol. The van der Waals surface area contributed by atoms with Gasteiger partial charge in [-0.2, -0.15) is 0 Å². The number of esters is 1. The van der Waals surface area contributed by atoms with Crippen LogP contribution in [-0.4, -0.2) is 38.4 Å². The first-order chi connectivity index (χ1) is 16.9. The second kappa shape index (κ2) is 17.2. The van der Waals surface area contributed by atoms with Crippen LogP contribution in [-0.2, 0) is 30.4 Å². The van der Waals surface area contributed by atoms with Crippen LogP contribution in [0.2, 0.25) is 0 Å². The number of hydrogen-bond donors (Lipinski definition) is 1. The first kappa shape index (κ1) is 29.7. The van der Waals surface area contributed by atoms with Crippen LogP contribution < -0.4 is 10.5 Å². The lowest BCUT2D eigenvalue weighted by atomic mass is 10.0. The highest BCUT2D eigenvalue weighted by molar-refractivity contribution is 5.77. The third kappa shape index (κ3) is 11.1. The number of carbonyl (C=O) groups excluding carboxylic acids is 3. The van der Waals surface area contributed by atoms with Crippen LogP contribution in [0.25, 0.3) is 0 Å². The van der Waals surface area contributed by atoms with Gasteiger partial charge in [0.2, 0.25) is 0 Å². The molecule has 2 saturated carbocycles. The zero-order valence-corrected chi connectivity index (χ0v) is 20.9. The summed E-state index contributed by atoms with van der Waals surface area (Å²) in [7, 11) is 0. The molecule has 0 aromatic heterocycles. The smallest absolute Gasteiger partial charge is 0.404 e. The molecule has 0 aliphatic heterocycles. The molecule has 3 rings (SSSR count). The van der Waals surface area contributed by atoms with Gasteiger partial charge >= 0.3 is 12.1 Å². The Morgan fingerprint density at radius 1 is 1.11 bits per heavy atom. The SMILES string of the molecule is C=CCOC(=O)C1C2CCC(C)C21.C=CCOC(N)=O.CCCCOc1ccccc1COC=O. The molecule has 1 amide bonds. The summed E-state index contributed by atoms with van der Waals surface area (Å²) in [4.78, 5) is 31.3. The van der Waals surface area contributed by atoms with Crippen molar-refractivity contribution < 1.29 is 33.3 Å². The van der Waals surface area contributed by atoms with Crippen LogP contribution in [0, 0.1) is 23.7 Å². The summed E-state index contributed by atoms with van der Waals surface area (Å²) in [6, 6.07) is 7.59. The minimum absolute atomic E-state index is 0.00134. The van der Waals surface area contributed by atoms with Gasteiger partial charge in [0.1, 0.15) is 25.6 Å². The number of nitrogens with two attached hydrogens (primary N) is 1. The molecule has 35 heavy (non-hydrogen) atoms. The fourth-order valence-corrected chi connectivity index (χ4v) is 4.12. The molecule has 2 N–H and O–H groups in total. The lowest BCUT2D eigenvalue weighted by Crippen LogP contribution is -2.12. The normalized spacial score (nSPS) is 20.9. The van der Waals surface area contributed by atoms with Gasteiger partial charge in [0.15, 0.2) is 0 Å². The Hall–Kier alpha value is -3.29. The van der Waals surface area contributed by atoms with Crippen molar-refractivity contribution in [3.8, 4) is 5.75 Å². The van der Waals surface area contributed by atoms with E-state index in [2.05, 4.69) is 37.5 Å². The molecule has 4 atom stereocenters. The number of para-hydroxylation sites is 1. The minimum atomic E-state index is -0.764. The molecule has 0 saturated heterocycles. The van der Waals surface area contributed by atoms with Crippen LogP contribution >= 0.6 is 0 Å². The van der Waals surface area contributed by atoms with Gasteiger partial charge in [-0.25, -0.2) is 4.79 Å². The van der Waals surface area contributed by atoms with Gasteiger partial charge in [0, 0.05) is 5.56 Å². The minimum Gasteiger partial charge on any atom is -0.493 e. The number of ether oxygens (including phenoxy) is 4. The van der Waals surface area contributed by atoms with E-state index in [9.17, 15) is 14.4 Å². The van der Waals surface area contributed by atoms with E-state index in [0.717, 1.165) is 30.1 Å². The van der Waals surface area contributed by atoms with Crippen molar-refractivity contribution in [2.24, 2.45) is 29.4 Å². The number of carbonyl (C=O) groups is 3. The van der Waals surface area contributed by atoms with Gasteiger partial charge in [0.25, 0.3) is 6.47 Å². The highest BCUT2D eigenvalue weighted by Crippen LogP contribution is 2.60. The van der Waals surface area contributed by atoms with Gasteiger partial charge in [-0.3, -0.25) is 9.59 Å². The van der Waals surface area contributed by atoms with Crippen LogP contribution in [0.15, 0.2) is 49.6 Å². The van der Waals surface area contributed by atoms with Crippen LogP contribution in [0.3, 0.4) is 0 Å². The summed E-state index contributed by atoms with van der Waals surface area (Å²) in [5.41, 5.74) is 5.47. The van der Waals surface area contributed by atoms with Crippen LogP contribution in [0.5, 0.6) is 5.75 Å². The molecular weight excluding hydrogens is 450 g/mol. The monoisotopic (exact) mass is 489 g/mol. The number of unbranched alkanes of at least 4 members (excludes halogenated alkanes) is 1. The molecule has 0 spiro atoms. The molecule has 2 aliphatic rings. The summed E-state index contributed by atoms with van der Waals surface area (Å²) in [5.74, 6) is 3.04. The maximum Gasteiger partial charge on any atom is 0.404 e. The average molecular weight is 490 g/mol. The molecule has 1 aromatic carbocycles. The fourth-order valence-electron chi connectivity index (χ4n) is 4.12. The maximum absolute atomic E-state index is 11.5. The third-order valence-electron chi connectivity index (χ3n) is 5.84. The van der Waals surface area contributed by atoms with Gasteiger partial charge in [-0.05, 0) is 36.7 Å². The zero-order valence-electron chi connectivity index (χ0n) is 20.9. The molecule has 4 unspecified atom stereocenters. The van der Waals surface area contributed by atoms with E-state index in [1.54, 1.807) is 6.08 Å². The van der Waals surface area contributed by atoms with E-state index in [1.165, 1.54) is 18.9 Å². The van der Waals surface area contributed by atoms with Crippen molar-refractivity contribution in [3.05, 3.63) is 55.1 Å². The van der Waals surface area contributed by atoms with Crippen LogP contribution in [0.1, 0.15) is 45.1 Å². The topological polar surface area (TPSA) is 114 Å². The van der Waals surface area contributed by atoms with Gasteiger partial charge in [-0.15, -0.1) is 0 Å². The molecule has 1 aromatic rings. The molecule has 8 heteroatoms. The zero-order chi connectivity index (χ0) is 26.1. The van der Waals surface area contributed by atoms with Crippen molar-refractivity contribution in [2.75, 3.05) is 19.8 Å². The molecule has 0 bridgehead atoms. The first-order valence-electron chi connectivity index (χ1n) is 12.0. The molecule has 194 valence electrons. The van der Waals surface area contributed by atoms with Gasteiger partial charge < -0.3 is 24.7 Å². The van der Waals surface area contributed by atoms with E-state index in [-0.39, 0.29) is 25.1 Å². The number of rotatable bonds is 12. The average Bonchev–Trinajstić information content (AvgIpc) is 3.48. The van der Waals surface area contributed by atoms with E-state index in [1.807, 2.05) is 24.3 Å². The predicted octanol–water partition coefficient (Wildman–Crippen LogP) is 4.81. The standard InChI is InChI=1S/C12H16O3.C11H16O2.C4H7NO2/c1-2-3-8-15-12-7-5-4-6-11(12)9-14-10-13;1-3-6-13-11(12)10-8-5-4-7(2)9(8)10;1-2-3-7-4(5)6/h4-7,10H,2-3,8-9H2,1H3;3,7-10H,1,4-6H2,2H3;2H,1,3H2,(H2,5,6). The molecule has 8 nitrogen and oxygen atoms in total. The summed E-state index contributed by atoms with van der Waals surface area (Å²) >= 11 is 0. The van der Waals surface area contributed by atoms with Gasteiger partial charge in [-0.1, -0.05) is 70.2 Å². The highest BCUT2D eigenvalue weighted by Gasteiger charge is 2.60. The molecule has 2 aliphatic carbocycles. The van der Waals surface area contributed by atoms with Crippen molar-refractivity contribution in [1.82, 2.24) is 0 Å². The van der Waals surface area contributed by atoms with Crippen molar-refractivity contribution >= 4 is 18.5 Å². The Kier molecular flexibility index (Phi) is 14.6. The largest absolute Gasteiger partial charge is 0.493 e. The Labute approximate surface area is 208 Å². The lowest BCUT2D eigenvalue weighted by Gasteiger charge is -2.09. The second-order valence-corrected chi connectivity index (χ2v) is 8.38. The van der Waals surface area contributed by atoms with Crippen LogP contribution in [0.4, 0.5) is 4.79 Å². The number of fused-ring (bicyclic) bond motifs is 1. The molecule has 0 heterocycles. The summed E-state index contributed by atoms with van der Waals surface area (Å²) in [6.07, 6.45) is 6.96. The summed E-state index contributed by atoms with van der Waals surface area (Å²) in [6.45, 7) is 13.2. The van der Waals surface area contributed by atoms with Crippen molar-refractivity contribution in [3.63, 3.8) is 0 Å². The van der Waals surface area contributed by atoms with Gasteiger partial charge in [0.05, 0.1) is 12.5 Å². The molecular formula is C27H39NO7. The Morgan fingerprint density at radius 3 is 2.34 bits per heavy atom. The van der Waals surface area contributed by atoms with E-state index >= 15 is 0 Å². The fraction of sp³-hybridized carbons (Fsp3) is 0.519. The number of primary amides is 1. The van der Waals surface area contributed by atoms with Crippen molar-refractivity contribution in [2.45, 2.75) is 46.1 Å². The maximum atomic E-state index is 11.5. The number of amides is 1. The van der Waals surface area contributed by atoms with E-state index in [4.69, 9.17) is 14.2 Å². The Bertz CT molecular complexity index is 810. The van der Waals surface area contributed by atoms with E-state index in [0.29, 0.717) is 31.5 Å². The number of benzene rings is 1. The number of hydrogen-bond acceptors (Lipinski definition) is 7. The molecule has 0 radical (unpaired) electrons. The molecule has 2 fully saturated rings. The lowest BCUT2D eigenvalue weighted by molar-refractivity contribution is -0.145.